The highest BCUT2D eigenvalue weighted by Gasteiger charge is 2.20. The van der Waals surface area contributed by atoms with Gasteiger partial charge in [0.05, 0.1) is 29.9 Å². The first kappa shape index (κ1) is 22.1. The van der Waals surface area contributed by atoms with Crippen molar-refractivity contribution in [2.75, 3.05) is 18.9 Å². The standard InChI is InChI=1S/C21H19ClFN5O3S/c1-2-31-19(30)10-24-18(29)12-32-21-26-25-20-27(11-13-14(22)6-5-7-15(13)23)16-8-3-4-9-17(16)28(20)21/h3-9H,2,10-12H2,1H3,(H,24,29). The molecule has 0 atom stereocenters. The van der Waals surface area contributed by atoms with Crippen LogP contribution in [0.2, 0.25) is 5.02 Å². The molecule has 2 aromatic carbocycles. The predicted octanol–water partition coefficient (Wildman–Crippen LogP) is 3.30. The second kappa shape index (κ2) is 9.58. The number of hydrogen-bond acceptors (Lipinski definition) is 6. The molecule has 166 valence electrons. The van der Waals surface area contributed by atoms with E-state index in [2.05, 4.69) is 15.5 Å². The lowest BCUT2D eigenvalue weighted by Gasteiger charge is -2.08. The van der Waals surface area contributed by atoms with Crippen LogP contribution in [-0.4, -0.2) is 49.9 Å². The van der Waals surface area contributed by atoms with Crippen LogP contribution < -0.4 is 5.32 Å². The summed E-state index contributed by atoms with van der Waals surface area (Å²) < 4.78 is 22.8. The maximum atomic E-state index is 14.4. The number of rotatable bonds is 8. The fourth-order valence-corrected chi connectivity index (χ4v) is 4.28. The van der Waals surface area contributed by atoms with Crippen LogP contribution >= 0.6 is 23.4 Å². The van der Waals surface area contributed by atoms with Gasteiger partial charge in [0.25, 0.3) is 0 Å². The van der Waals surface area contributed by atoms with E-state index in [9.17, 15) is 14.0 Å². The van der Waals surface area contributed by atoms with Gasteiger partial charge in [0.15, 0.2) is 5.16 Å². The van der Waals surface area contributed by atoms with Crippen LogP contribution in [0.4, 0.5) is 4.39 Å². The highest BCUT2D eigenvalue weighted by molar-refractivity contribution is 7.99. The van der Waals surface area contributed by atoms with E-state index < -0.39 is 11.8 Å². The van der Waals surface area contributed by atoms with Crippen molar-refractivity contribution in [3.05, 3.63) is 58.9 Å². The monoisotopic (exact) mass is 475 g/mol. The Labute approximate surface area is 191 Å². The first-order valence-electron chi connectivity index (χ1n) is 9.80. The minimum Gasteiger partial charge on any atom is -0.465 e. The van der Waals surface area contributed by atoms with Gasteiger partial charge in [-0.3, -0.25) is 14.0 Å². The molecular weight excluding hydrogens is 457 g/mol. The maximum Gasteiger partial charge on any atom is 0.325 e. The third kappa shape index (κ3) is 4.42. The van der Waals surface area contributed by atoms with Gasteiger partial charge in [-0.05, 0) is 31.2 Å². The second-order valence-corrected chi connectivity index (χ2v) is 8.11. The molecule has 1 N–H and O–H groups in total. The van der Waals surface area contributed by atoms with Crippen LogP contribution in [0.15, 0.2) is 47.6 Å². The third-order valence-electron chi connectivity index (χ3n) is 4.72. The SMILES string of the molecule is CCOC(=O)CNC(=O)CSc1nnc2n(Cc3c(F)cccc3Cl)c3ccccc3n12. The summed E-state index contributed by atoms with van der Waals surface area (Å²) in [5, 5.41) is 11.8. The molecule has 1 amide bonds. The van der Waals surface area contributed by atoms with E-state index in [0.29, 0.717) is 21.5 Å². The topological polar surface area (TPSA) is 90.5 Å². The Morgan fingerprint density at radius 3 is 2.69 bits per heavy atom. The molecule has 0 saturated carbocycles. The highest BCUT2D eigenvalue weighted by atomic mass is 35.5. The van der Waals surface area contributed by atoms with Crippen molar-refractivity contribution in [2.45, 2.75) is 18.6 Å². The van der Waals surface area contributed by atoms with Gasteiger partial charge in [0.2, 0.25) is 11.7 Å². The lowest BCUT2D eigenvalue weighted by molar-refractivity contribution is -0.143. The number of benzene rings is 2. The molecule has 8 nitrogen and oxygen atoms in total. The van der Waals surface area contributed by atoms with Crippen molar-refractivity contribution in [2.24, 2.45) is 0 Å². The number of thioether (sulfide) groups is 1. The van der Waals surface area contributed by atoms with E-state index in [4.69, 9.17) is 16.3 Å². The Balaban J connectivity index is 1.61. The first-order valence-corrected chi connectivity index (χ1v) is 11.2. The van der Waals surface area contributed by atoms with Gasteiger partial charge in [-0.2, -0.15) is 0 Å². The summed E-state index contributed by atoms with van der Waals surface area (Å²) in [6.45, 7) is 1.93. The van der Waals surface area contributed by atoms with Crippen molar-refractivity contribution in [3.8, 4) is 0 Å². The smallest absolute Gasteiger partial charge is 0.325 e. The number of imidazole rings is 1. The van der Waals surface area contributed by atoms with E-state index in [-0.39, 0.29) is 31.4 Å². The predicted molar refractivity (Wildman–Crippen MR) is 119 cm³/mol. The Bertz CT molecular complexity index is 1290. The fraction of sp³-hybridized carbons (Fsp3) is 0.238. The van der Waals surface area contributed by atoms with Gasteiger partial charge in [-0.15, -0.1) is 10.2 Å². The number of esters is 1. The van der Waals surface area contributed by atoms with E-state index in [1.165, 1.54) is 17.8 Å². The molecule has 4 aromatic rings. The van der Waals surface area contributed by atoms with Crippen molar-refractivity contribution < 1.29 is 18.7 Å². The van der Waals surface area contributed by atoms with Crippen LogP contribution in [0.25, 0.3) is 16.8 Å². The number of carbonyl (C=O) groups excluding carboxylic acids is 2. The lowest BCUT2D eigenvalue weighted by atomic mass is 10.2. The first-order chi connectivity index (χ1) is 15.5. The molecule has 0 aliphatic carbocycles. The zero-order valence-corrected chi connectivity index (χ0v) is 18.6. The average molecular weight is 476 g/mol. The summed E-state index contributed by atoms with van der Waals surface area (Å²) in [4.78, 5) is 23.5. The summed E-state index contributed by atoms with van der Waals surface area (Å²) in [6.07, 6.45) is 0. The van der Waals surface area contributed by atoms with E-state index in [0.717, 1.165) is 11.0 Å². The minimum atomic E-state index is -0.495. The number of halogens is 2. The highest BCUT2D eigenvalue weighted by Crippen LogP contribution is 2.28. The Kier molecular flexibility index (Phi) is 6.61. The van der Waals surface area contributed by atoms with Crippen LogP contribution in [0.5, 0.6) is 0 Å². The van der Waals surface area contributed by atoms with Gasteiger partial charge in [-0.25, -0.2) is 4.39 Å². The van der Waals surface area contributed by atoms with Gasteiger partial charge < -0.3 is 14.6 Å². The quantitative estimate of drug-likeness (QED) is 0.310. The Morgan fingerprint density at radius 1 is 1.16 bits per heavy atom. The summed E-state index contributed by atoms with van der Waals surface area (Å²) in [6, 6.07) is 12.1. The molecule has 0 bridgehead atoms. The van der Waals surface area contributed by atoms with Gasteiger partial charge in [-0.1, -0.05) is 41.6 Å². The van der Waals surface area contributed by atoms with Crippen molar-refractivity contribution >= 4 is 52.1 Å². The lowest BCUT2D eigenvalue weighted by Crippen LogP contribution is -2.31. The van der Waals surface area contributed by atoms with Crippen LogP contribution in [-0.2, 0) is 20.9 Å². The molecule has 11 heteroatoms. The normalized spacial score (nSPS) is 11.2. The van der Waals surface area contributed by atoms with Crippen LogP contribution in [0.1, 0.15) is 12.5 Å². The van der Waals surface area contributed by atoms with Crippen molar-refractivity contribution in [1.82, 2.24) is 24.5 Å². The van der Waals surface area contributed by atoms with E-state index >= 15 is 0 Å². The summed E-state index contributed by atoms with van der Waals surface area (Å²) in [7, 11) is 0. The van der Waals surface area contributed by atoms with Gasteiger partial charge >= 0.3 is 5.97 Å². The zero-order chi connectivity index (χ0) is 22.7. The molecule has 2 heterocycles. The second-order valence-electron chi connectivity index (χ2n) is 6.76. The number of hydrogen-bond donors (Lipinski definition) is 1. The number of fused-ring (bicyclic) bond motifs is 3. The molecule has 0 spiro atoms. The summed E-state index contributed by atoms with van der Waals surface area (Å²) in [5.41, 5.74) is 1.99. The fourth-order valence-electron chi connectivity index (χ4n) is 3.29. The van der Waals surface area contributed by atoms with Crippen molar-refractivity contribution in [1.29, 1.82) is 0 Å². The van der Waals surface area contributed by atoms with Crippen molar-refractivity contribution in [3.63, 3.8) is 0 Å². The van der Waals surface area contributed by atoms with Gasteiger partial charge in [0, 0.05) is 10.6 Å². The number of carbonyl (C=O) groups is 2. The largest absolute Gasteiger partial charge is 0.465 e. The minimum absolute atomic E-state index is 0.0405. The molecule has 0 aliphatic rings. The number of amides is 1. The Morgan fingerprint density at radius 2 is 1.94 bits per heavy atom. The van der Waals surface area contributed by atoms with E-state index in [1.807, 2.05) is 33.2 Å². The molecule has 4 rings (SSSR count). The molecule has 0 fully saturated rings. The van der Waals surface area contributed by atoms with Crippen LogP contribution in [0.3, 0.4) is 0 Å². The number of aromatic nitrogens is 4. The molecule has 2 aromatic heterocycles. The number of ether oxygens (including phenoxy) is 1. The molecule has 0 radical (unpaired) electrons. The van der Waals surface area contributed by atoms with Crippen LogP contribution in [0, 0.1) is 5.82 Å². The summed E-state index contributed by atoms with van der Waals surface area (Å²) >= 11 is 7.41. The molecule has 0 unspecified atom stereocenters. The number of nitrogens with zero attached hydrogens (tertiary/aromatic N) is 4. The summed E-state index contributed by atoms with van der Waals surface area (Å²) in [5.74, 6) is -0.688. The molecule has 32 heavy (non-hydrogen) atoms. The molecular formula is C21H19ClFN5O3S. The number of nitrogens with one attached hydrogen (secondary N) is 1. The molecule has 0 saturated heterocycles. The van der Waals surface area contributed by atoms with Gasteiger partial charge in [0.1, 0.15) is 12.4 Å². The average Bonchev–Trinajstić information content (AvgIpc) is 3.32. The maximum absolute atomic E-state index is 14.4. The zero-order valence-electron chi connectivity index (χ0n) is 17.0. The third-order valence-corrected chi connectivity index (χ3v) is 6.00. The van der Waals surface area contributed by atoms with E-state index in [1.54, 1.807) is 19.1 Å². The number of para-hydroxylation sites is 2. The molecule has 0 aliphatic heterocycles. The Hall–Kier alpha value is -3.11.